The highest BCUT2D eigenvalue weighted by Crippen LogP contribution is 2.26. The van der Waals surface area contributed by atoms with Crippen molar-refractivity contribution in [2.45, 2.75) is 25.7 Å². The Labute approximate surface area is 116 Å². The normalized spacial score (nSPS) is 14.2. The molecule has 3 nitrogen and oxygen atoms in total. The van der Waals surface area contributed by atoms with E-state index in [4.69, 9.17) is 18.0 Å². The lowest BCUT2D eigenvalue weighted by Crippen LogP contribution is -2.17. The van der Waals surface area contributed by atoms with Crippen LogP contribution in [0.15, 0.2) is 24.5 Å². The van der Waals surface area contributed by atoms with Crippen molar-refractivity contribution in [2.24, 2.45) is 5.73 Å². The highest BCUT2D eigenvalue weighted by molar-refractivity contribution is 7.80. The SMILES string of the molecule is NC(=S)c1c(F)cccc1-n1cnc2c1CCCC2. The summed E-state index contributed by atoms with van der Waals surface area (Å²) >= 11 is 4.97. The zero-order valence-electron chi connectivity index (χ0n) is 10.4. The average molecular weight is 275 g/mol. The Hall–Kier alpha value is -1.75. The number of nitrogens with two attached hydrogens (primary N) is 1. The van der Waals surface area contributed by atoms with Crippen LogP contribution in [-0.4, -0.2) is 14.5 Å². The molecule has 0 spiro atoms. The fraction of sp³-hybridized carbons (Fsp3) is 0.286. The third-order valence-electron chi connectivity index (χ3n) is 3.53. The number of aryl methyl sites for hydroxylation is 1. The van der Waals surface area contributed by atoms with Crippen molar-refractivity contribution in [3.8, 4) is 5.69 Å². The monoisotopic (exact) mass is 275 g/mol. The highest BCUT2D eigenvalue weighted by Gasteiger charge is 2.19. The molecule has 0 saturated heterocycles. The lowest BCUT2D eigenvalue weighted by atomic mass is 10.0. The van der Waals surface area contributed by atoms with E-state index in [9.17, 15) is 4.39 Å². The molecule has 0 aliphatic heterocycles. The molecule has 2 aromatic rings. The molecule has 0 saturated carbocycles. The van der Waals surface area contributed by atoms with Gasteiger partial charge in [0.25, 0.3) is 0 Å². The predicted octanol–water partition coefficient (Wildman–Crippen LogP) is 2.52. The molecule has 1 aromatic heterocycles. The maximum Gasteiger partial charge on any atom is 0.135 e. The van der Waals surface area contributed by atoms with E-state index in [1.807, 2.05) is 10.6 Å². The van der Waals surface area contributed by atoms with Crippen molar-refractivity contribution in [3.05, 3.63) is 47.3 Å². The van der Waals surface area contributed by atoms with Crippen LogP contribution in [0.4, 0.5) is 4.39 Å². The van der Waals surface area contributed by atoms with Gasteiger partial charge in [0.2, 0.25) is 0 Å². The van der Waals surface area contributed by atoms with Gasteiger partial charge in [-0.1, -0.05) is 18.3 Å². The number of hydrogen-bond donors (Lipinski definition) is 1. The van der Waals surface area contributed by atoms with Gasteiger partial charge in [0.05, 0.1) is 23.3 Å². The number of imidazole rings is 1. The predicted molar refractivity (Wildman–Crippen MR) is 76.1 cm³/mol. The minimum absolute atomic E-state index is 0.0753. The number of aromatic nitrogens is 2. The minimum atomic E-state index is -0.386. The van der Waals surface area contributed by atoms with Crippen LogP contribution in [0.2, 0.25) is 0 Å². The number of rotatable bonds is 2. The molecule has 98 valence electrons. The summed E-state index contributed by atoms with van der Waals surface area (Å²) in [4.78, 5) is 4.49. The zero-order valence-corrected chi connectivity index (χ0v) is 11.2. The lowest BCUT2D eigenvalue weighted by Gasteiger charge is -2.16. The summed E-state index contributed by atoms with van der Waals surface area (Å²) < 4.78 is 15.8. The lowest BCUT2D eigenvalue weighted by molar-refractivity contribution is 0.622. The standard InChI is InChI=1S/C14H14FN3S/c15-9-4-3-7-12(13(9)14(16)19)18-8-17-10-5-1-2-6-11(10)18/h3-4,7-8H,1-2,5-6H2,(H2,16,19). The van der Waals surface area contributed by atoms with Crippen molar-refractivity contribution >= 4 is 17.2 Å². The molecule has 2 N–H and O–H groups in total. The van der Waals surface area contributed by atoms with Crippen LogP contribution in [0, 0.1) is 5.82 Å². The van der Waals surface area contributed by atoms with E-state index in [-0.39, 0.29) is 10.8 Å². The van der Waals surface area contributed by atoms with Crippen molar-refractivity contribution in [1.82, 2.24) is 9.55 Å². The van der Waals surface area contributed by atoms with Crippen LogP contribution in [0.25, 0.3) is 5.69 Å². The Morgan fingerprint density at radius 2 is 2.11 bits per heavy atom. The minimum Gasteiger partial charge on any atom is -0.389 e. The topological polar surface area (TPSA) is 43.8 Å². The number of hydrogen-bond acceptors (Lipinski definition) is 2. The second-order valence-corrected chi connectivity index (χ2v) is 5.15. The first-order valence-electron chi connectivity index (χ1n) is 6.32. The van der Waals surface area contributed by atoms with Crippen molar-refractivity contribution in [3.63, 3.8) is 0 Å². The molecule has 0 unspecified atom stereocenters. The molecule has 19 heavy (non-hydrogen) atoms. The quantitative estimate of drug-likeness (QED) is 0.857. The molecular weight excluding hydrogens is 261 g/mol. The average Bonchev–Trinajstić information content (AvgIpc) is 2.81. The third-order valence-corrected chi connectivity index (χ3v) is 3.73. The Balaban J connectivity index is 2.20. The van der Waals surface area contributed by atoms with Crippen molar-refractivity contribution in [2.75, 3.05) is 0 Å². The van der Waals surface area contributed by atoms with E-state index in [1.165, 1.54) is 6.07 Å². The molecule has 1 aromatic carbocycles. The summed E-state index contributed by atoms with van der Waals surface area (Å²) in [6.45, 7) is 0. The van der Waals surface area contributed by atoms with Crippen LogP contribution < -0.4 is 5.73 Å². The maximum absolute atomic E-state index is 13.9. The van der Waals surface area contributed by atoms with Crippen LogP contribution in [-0.2, 0) is 12.8 Å². The Morgan fingerprint density at radius 3 is 2.89 bits per heavy atom. The summed E-state index contributed by atoms with van der Waals surface area (Å²) in [7, 11) is 0. The van der Waals surface area contributed by atoms with E-state index < -0.39 is 0 Å². The summed E-state index contributed by atoms with van der Waals surface area (Å²) in [5, 5.41) is 0. The Kier molecular flexibility index (Phi) is 3.06. The number of nitrogens with zero attached hydrogens (tertiary/aromatic N) is 2. The fourth-order valence-corrected chi connectivity index (χ4v) is 2.84. The van der Waals surface area contributed by atoms with E-state index in [0.29, 0.717) is 11.3 Å². The molecule has 1 aliphatic carbocycles. The van der Waals surface area contributed by atoms with E-state index in [2.05, 4.69) is 4.98 Å². The summed E-state index contributed by atoms with van der Waals surface area (Å²) in [5.41, 5.74) is 8.88. The van der Waals surface area contributed by atoms with E-state index in [1.54, 1.807) is 12.4 Å². The molecule has 1 heterocycles. The molecule has 0 bridgehead atoms. The van der Waals surface area contributed by atoms with Gasteiger partial charge in [0.1, 0.15) is 10.8 Å². The number of fused-ring (bicyclic) bond motifs is 1. The summed E-state index contributed by atoms with van der Waals surface area (Å²) in [6.07, 6.45) is 5.99. The smallest absolute Gasteiger partial charge is 0.135 e. The van der Waals surface area contributed by atoms with Gasteiger partial charge in [-0.25, -0.2) is 9.37 Å². The van der Waals surface area contributed by atoms with Crippen molar-refractivity contribution < 1.29 is 4.39 Å². The zero-order chi connectivity index (χ0) is 13.4. The first-order chi connectivity index (χ1) is 9.18. The number of benzene rings is 1. The summed E-state index contributed by atoms with van der Waals surface area (Å²) in [6, 6.07) is 4.87. The second kappa shape index (κ2) is 4.74. The molecule has 0 fully saturated rings. The maximum atomic E-state index is 13.9. The molecule has 1 aliphatic rings. The van der Waals surface area contributed by atoms with Gasteiger partial charge in [0.15, 0.2) is 0 Å². The van der Waals surface area contributed by atoms with Gasteiger partial charge in [-0.15, -0.1) is 0 Å². The van der Waals surface area contributed by atoms with Gasteiger partial charge in [0, 0.05) is 5.69 Å². The largest absolute Gasteiger partial charge is 0.389 e. The molecule has 0 atom stereocenters. The van der Waals surface area contributed by atoms with E-state index in [0.717, 1.165) is 37.1 Å². The first-order valence-corrected chi connectivity index (χ1v) is 6.73. The molecule has 0 radical (unpaired) electrons. The van der Waals surface area contributed by atoms with Gasteiger partial charge >= 0.3 is 0 Å². The third kappa shape index (κ3) is 2.04. The Morgan fingerprint density at radius 1 is 1.32 bits per heavy atom. The van der Waals surface area contributed by atoms with Crippen LogP contribution in [0.3, 0.4) is 0 Å². The van der Waals surface area contributed by atoms with Gasteiger partial charge < -0.3 is 10.3 Å². The van der Waals surface area contributed by atoms with E-state index >= 15 is 0 Å². The van der Waals surface area contributed by atoms with Crippen LogP contribution in [0.1, 0.15) is 29.8 Å². The highest BCUT2D eigenvalue weighted by atomic mass is 32.1. The molecular formula is C14H14FN3S. The summed E-state index contributed by atoms with van der Waals surface area (Å²) in [5.74, 6) is -0.386. The number of thiocarbonyl (C=S) groups is 1. The molecule has 5 heteroatoms. The van der Waals surface area contributed by atoms with Gasteiger partial charge in [-0.2, -0.15) is 0 Å². The van der Waals surface area contributed by atoms with Gasteiger partial charge in [-0.05, 0) is 37.8 Å². The van der Waals surface area contributed by atoms with Crippen LogP contribution in [0.5, 0.6) is 0 Å². The fourth-order valence-electron chi connectivity index (χ4n) is 2.63. The Bertz CT molecular complexity index is 648. The molecule has 3 rings (SSSR count). The van der Waals surface area contributed by atoms with Crippen molar-refractivity contribution in [1.29, 1.82) is 0 Å². The second-order valence-electron chi connectivity index (χ2n) is 4.71. The molecule has 0 amide bonds. The van der Waals surface area contributed by atoms with Gasteiger partial charge in [-0.3, -0.25) is 0 Å². The first kappa shape index (κ1) is 12.3. The number of halogens is 1. The van der Waals surface area contributed by atoms with Crippen LogP contribution >= 0.6 is 12.2 Å².